The van der Waals surface area contributed by atoms with Crippen molar-refractivity contribution in [3.8, 4) is 0 Å². The molecule has 1 aromatic rings. The molecule has 2 heteroatoms. The van der Waals surface area contributed by atoms with Crippen LogP contribution in [0.5, 0.6) is 0 Å². The molecule has 0 spiro atoms. The van der Waals surface area contributed by atoms with Gasteiger partial charge in [-0.2, -0.15) is 7.05 Å². The van der Waals surface area contributed by atoms with E-state index in [-0.39, 0.29) is 0 Å². The third-order valence-electron chi connectivity index (χ3n) is 1.32. The van der Waals surface area contributed by atoms with Crippen LogP contribution in [0.3, 0.4) is 0 Å². The summed E-state index contributed by atoms with van der Waals surface area (Å²) in [5.41, 5.74) is 1.14. The fraction of sp³-hybridized carbons (Fsp3) is 0.125. The second kappa shape index (κ2) is 3.59. The van der Waals surface area contributed by atoms with Gasteiger partial charge in [0.2, 0.25) is 0 Å². The molecule has 0 saturated heterocycles. The van der Waals surface area contributed by atoms with Crippen LogP contribution < -0.4 is 5.32 Å². The van der Waals surface area contributed by atoms with Crippen molar-refractivity contribution >= 4 is 11.6 Å². The number of hydrogen-bond acceptors (Lipinski definition) is 0. The quantitative estimate of drug-likeness (QED) is 0.619. The highest BCUT2D eigenvalue weighted by Gasteiger charge is 1.95. The summed E-state index contributed by atoms with van der Waals surface area (Å²) in [4.78, 5) is 0. The van der Waals surface area contributed by atoms with Gasteiger partial charge in [0.1, 0.15) is 0 Å². The van der Waals surface area contributed by atoms with Crippen LogP contribution >= 0.6 is 11.6 Å². The number of nitrogens with two attached hydrogens (primary N) is 1. The van der Waals surface area contributed by atoms with Gasteiger partial charge in [-0.05, 0) is 6.07 Å². The standard InChI is InChI=1S/C8H10ClN/c1-10-6-7-4-2-3-5-8(7)9/h2-5H,1,6,10H2. The van der Waals surface area contributed by atoms with E-state index in [1.807, 2.05) is 29.6 Å². The Kier molecular flexibility index (Phi) is 2.72. The zero-order valence-electron chi connectivity index (χ0n) is 5.68. The van der Waals surface area contributed by atoms with Crippen molar-refractivity contribution < 1.29 is 5.32 Å². The first-order valence-electron chi connectivity index (χ1n) is 3.19. The summed E-state index contributed by atoms with van der Waals surface area (Å²) in [6.45, 7) is 0.847. The fourth-order valence-electron chi connectivity index (χ4n) is 0.819. The van der Waals surface area contributed by atoms with E-state index in [1.165, 1.54) is 0 Å². The second-order valence-corrected chi connectivity index (χ2v) is 2.49. The second-order valence-electron chi connectivity index (χ2n) is 2.08. The van der Waals surface area contributed by atoms with Crippen LogP contribution in [0.25, 0.3) is 0 Å². The van der Waals surface area contributed by atoms with Crippen LogP contribution in [0, 0.1) is 7.05 Å². The molecule has 0 radical (unpaired) electrons. The van der Waals surface area contributed by atoms with Crippen molar-refractivity contribution in [2.24, 2.45) is 0 Å². The van der Waals surface area contributed by atoms with Crippen molar-refractivity contribution in [2.45, 2.75) is 6.54 Å². The lowest BCUT2D eigenvalue weighted by molar-refractivity contribution is -0.612. The van der Waals surface area contributed by atoms with Crippen LogP contribution in [0.4, 0.5) is 0 Å². The van der Waals surface area contributed by atoms with Crippen LogP contribution in [0.1, 0.15) is 5.56 Å². The molecule has 0 heterocycles. The summed E-state index contributed by atoms with van der Waals surface area (Å²) in [6, 6.07) is 7.80. The van der Waals surface area contributed by atoms with Gasteiger partial charge in [0.25, 0.3) is 0 Å². The lowest BCUT2D eigenvalue weighted by Gasteiger charge is -2.01. The van der Waals surface area contributed by atoms with Crippen molar-refractivity contribution in [1.82, 2.24) is 0 Å². The van der Waals surface area contributed by atoms with E-state index < -0.39 is 0 Å². The van der Waals surface area contributed by atoms with Gasteiger partial charge < -0.3 is 5.32 Å². The minimum absolute atomic E-state index is 0.822. The van der Waals surface area contributed by atoms with Gasteiger partial charge in [0.05, 0.1) is 6.54 Å². The summed E-state index contributed by atoms with van der Waals surface area (Å²) in [5, 5.41) is 2.67. The molecule has 1 aromatic carbocycles. The molecule has 0 aliphatic carbocycles. The van der Waals surface area contributed by atoms with E-state index in [4.69, 9.17) is 11.6 Å². The maximum atomic E-state index is 5.86. The van der Waals surface area contributed by atoms with Gasteiger partial charge in [0.15, 0.2) is 0 Å². The summed E-state index contributed by atoms with van der Waals surface area (Å²) in [6.07, 6.45) is 0. The number of benzene rings is 1. The highest BCUT2D eigenvalue weighted by atomic mass is 35.5. The Hall–Kier alpha value is -0.530. The number of halogens is 1. The first-order chi connectivity index (χ1) is 4.84. The summed E-state index contributed by atoms with van der Waals surface area (Å²) < 4.78 is 0. The number of quaternary nitrogens is 1. The molecule has 0 amide bonds. The molecule has 1 rings (SSSR count). The Morgan fingerprint density at radius 1 is 1.40 bits per heavy atom. The first-order valence-corrected chi connectivity index (χ1v) is 3.56. The molecule has 0 bridgehead atoms. The van der Waals surface area contributed by atoms with Crippen LogP contribution in [0.15, 0.2) is 24.3 Å². The predicted molar refractivity (Wildman–Crippen MR) is 42.4 cm³/mol. The SMILES string of the molecule is [CH2-][NH2+]Cc1ccccc1Cl. The Labute approximate surface area is 66.0 Å². The molecule has 2 N–H and O–H groups in total. The summed E-state index contributed by atoms with van der Waals surface area (Å²) >= 11 is 5.86. The zero-order chi connectivity index (χ0) is 7.40. The molecule has 0 aliphatic heterocycles. The van der Waals surface area contributed by atoms with Crippen LogP contribution in [0.2, 0.25) is 5.02 Å². The molecular formula is C8H10ClN. The molecule has 0 aliphatic rings. The first kappa shape index (κ1) is 7.58. The van der Waals surface area contributed by atoms with Crippen molar-refractivity contribution in [1.29, 1.82) is 0 Å². The fourth-order valence-corrected chi connectivity index (χ4v) is 1.03. The molecule has 10 heavy (non-hydrogen) atoms. The molecule has 0 atom stereocenters. The van der Waals surface area contributed by atoms with Gasteiger partial charge >= 0.3 is 0 Å². The molecule has 0 aromatic heterocycles. The minimum atomic E-state index is 0.822. The molecule has 0 unspecified atom stereocenters. The molecule has 54 valence electrons. The summed E-state index contributed by atoms with van der Waals surface area (Å²) in [5.74, 6) is 0. The van der Waals surface area contributed by atoms with Crippen LogP contribution in [-0.4, -0.2) is 0 Å². The van der Waals surface area contributed by atoms with Gasteiger partial charge in [-0.1, -0.05) is 29.8 Å². The Morgan fingerprint density at radius 3 is 2.70 bits per heavy atom. The Morgan fingerprint density at radius 2 is 2.10 bits per heavy atom. The predicted octanol–water partition coefficient (Wildman–Crippen LogP) is 1.19. The monoisotopic (exact) mass is 155 g/mol. The Balaban J connectivity index is 2.81. The van der Waals surface area contributed by atoms with Crippen LogP contribution in [-0.2, 0) is 6.54 Å². The maximum absolute atomic E-state index is 5.86. The van der Waals surface area contributed by atoms with E-state index in [2.05, 4.69) is 7.05 Å². The van der Waals surface area contributed by atoms with Crippen molar-refractivity contribution in [3.63, 3.8) is 0 Å². The maximum Gasteiger partial charge on any atom is 0.0787 e. The highest BCUT2D eigenvalue weighted by Crippen LogP contribution is 2.12. The van der Waals surface area contributed by atoms with Gasteiger partial charge in [-0.15, -0.1) is 0 Å². The van der Waals surface area contributed by atoms with E-state index in [0.29, 0.717) is 0 Å². The van der Waals surface area contributed by atoms with E-state index in [0.717, 1.165) is 17.1 Å². The Bertz CT molecular complexity index is 210. The highest BCUT2D eigenvalue weighted by molar-refractivity contribution is 6.31. The molecule has 0 fully saturated rings. The van der Waals surface area contributed by atoms with Crippen molar-refractivity contribution in [3.05, 3.63) is 41.9 Å². The lowest BCUT2D eigenvalue weighted by Crippen LogP contribution is -2.74. The van der Waals surface area contributed by atoms with E-state index >= 15 is 0 Å². The lowest BCUT2D eigenvalue weighted by atomic mass is 10.2. The number of rotatable bonds is 2. The van der Waals surface area contributed by atoms with Crippen molar-refractivity contribution in [2.75, 3.05) is 0 Å². The average Bonchev–Trinajstić information content (AvgIpc) is 1.94. The molecular weight excluding hydrogens is 146 g/mol. The average molecular weight is 156 g/mol. The molecule has 1 nitrogen and oxygen atoms in total. The largest absolute Gasteiger partial charge is 0.475 e. The zero-order valence-corrected chi connectivity index (χ0v) is 6.43. The number of hydrogen-bond donors (Lipinski definition) is 1. The van der Waals surface area contributed by atoms with Gasteiger partial charge in [-0.3, -0.25) is 0 Å². The summed E-state index contributed by atoms with van der Waals surface area (Å²) in [7, 11) is 3.64. The molecule has 0 saturated carbocycles. The van der Waals surface area contributed by atoms with E-state index in [9.17, 15) is 0 Å². The van der Waals surface area contributed by atoms with E-state index in [1.54, 1.807) is 0 Å². The third kappa shape index (κ3) is 1.72. The normalized spacial score (nSPS) is 9.80. The smallest absolute Gasteiger partial charge is 0.0787 e. The van der Waals surface area contributed by atoms with Gasteiger partial charge in [0, 0.05) is 10.6 Å². The van der Waals surface area contributed by atoms with Gasteiger partial charge in [-0.25, -0.2) is 0 Å². The third-order valence-corrected chi connectivity index (χ3v) is 1.69. The minimum Gasteiger partial charge on any atom is -0.475 e. The topological polar surface area (TPSA) is 16.6 Å².